The molecule has 134 valence electrons. The summed E-state index contributed by atoms with van der Waals surface area (Å²) >= 11 is 6.02. The van der Waals surface area contributed by atoms with Gasteiger partial charge in [0.2, 0.25) is 0 Å². The molecule has 0 spiro atoms. The van der Waals surface area contributed by atoms with Crippen LogP contribution in [0.2, 0.25) is 5.02 Å². The number of carboxylic acid groups (broad SMARTS) is 1. The number of carboxylic acids is 1. The lowest BCUT2D eigenvalue weighted by molar-refractivity contribution is -0.143. The van der Waals surface area contributed by atoms with Gasteiger partial charge in [0.05, 0.1) is 6.54 Å². The van der Waals surface area contributed by atoms with Gasteiger partial charge in [0.25, 0.3) is 5.56 Å². The van der Waals surface area contributed by atoms with Gasteiger partial charge in [0.1, 0.15) is 11.4 Å². The second kappa shape index (κ2) is 8.75. The van der Waals surface area contributed by atoms with Gasteiger partial charge in [0.15, 0.2) is 6.29 Å². The maximum atomic E-state index is 12.6. The number of ether oxygens (including phenoxy) is 2. The van der Waals surface area contributed by atoms with Crippen molar-refractivity contribution >= 4 is 17.6 Å². The molecule has 0 aliphatic heterocycles. The Morgan fingerprint density at radius 1 is 1.32 bits per heavy atom. The molecule has 25 heavy (non-hydrogen) atoms. The zero-order chi connectivity index (χ0) is 18.4. The van der Waals surface area contributed by atoms with Crippen LogP contribution in [0, 0.1) is 0 Å². The summed E-state index contributed by atoms with van der Waals surface area (Å²) in [6, 6.07) is 6.81. The molecule has 2 rings (SSSR count). The van der Waals surface area contributed by atoms with Crippen LogP contribution < -0.4 is 5.56 Å². The zero-order valence-electron chi connectivity index (χ0n) is 13.9. The Kier molecular flexibility index (Phi) is 6.69. The molecule has 0 unspecified atom stereocenters. The fourth-order valence-corrected chi connectivity index (χ4v) is 2.53. The minimum atomic E-state index is -1.34. The number of halogens is 1. The van der Waals surface area contributed by atoms with Gasteiger partial charge in [0, 0.05) is 30.0 Å². The fraction of sp³-hybridized carbons (Fsp3) is 0.353. The number of carbonyl (C=O) groups is 1. The quantitative estimate of drug-likeness (QED) is 0.722. The summed E-state index contributed by atoms with van der Waals surface area (Å²) in [5.41, 5.74) is -0.507. The molecule has 2 aromatic rings. The topological polar surface area (TPSA) is 90.7 Å². The van der Waals surface area contributed by atoms with Crippen molar-refractivity contribution < 1.29 is 19.4 Å². The van der Waals surface area contributed by atoms with E-state index < -0.39 is 23.4 Å². The van der Waals surface area contributed by atoms with E-state index in [9.17, 15) is 14.7 Å². The summed E-state index contributed by atoms with van der Waals surface area (Å²) in [7, 11) is 0. The number of rotatable bonds is 8. The standard InChI is InChI=1S/C17H19ClN2O5/c1-3-24-14(25-4-2)10-20-15(11-6-5-7-12(18)8-11)19-9-13(16(20)21)17(22)23/h5-9,14H,3-4,10H2,1-2H3,(H,22,23). The highest BCUT2D eigenvalue weighted by Gasteiger charge is 2.20. The fourth-order valence-electron chi connectivity index (χ4n) is 2.34. The van der Waals surface area contributed by atoms with Crippen LogP contribution in [0.1, 0.15) is 24.2 Å². The zero-order valence-corrected chi connectivity index (χ0v) is 14.7. The van der Waals surface area contributed by atoms with Crippen LogP contribution in [-0.2, 0) is 16.0 Å². The first kappa shape index (κ1) is 19.1. The maximum absolute atomic E-state index is 12.6. The van der Waals surface area contributed by atoms with Gasteiger partial charge in [-0.2, -0.15) is 0 Å². The molecule has 7 nitrogen and oxygen atoms in total. The monoisotopic (exact) mass is 366 g/mol. The summed E-state index contributed by atoms with van der Waals surface area (Å²) in [4.78, 5) is 28.1. The number of nitrogens with zero attached hydrogens (tertiary/aromatic N) is 2. The van der Waals surface area contributed by atoms with E-state index in [2.05, 4.69) is 4.98 Å². The number of hydrogen-bond donors (Lipinski definition) is 1. The Hall–Kier alpha value is -2.22. The number of aromatic nitrogens is 2. The van der Waals surface area contributed by atoms with Crippen molar-refractivity contribution in [3.05, 3.63) is 51.4 Å². The normalized spacial score (nSPS) is 11.0. The van der Waals surface area contributed by atoms with Crippen molar-refractivity contribution in [3.8, 4) is 11.4 Å². The van der Waals surface area contributed by atoms with E-state index in [1.165, 1.54) is 4.57 Å². The Balaban J connectivity index is 2.57. The third-order valence-corrected chi connectivity index (χ3v) is 3.63. The lowest BCUT2D eigenvalue weighted by Gasteiger charge is -2.20. The third kappa shape index (κ3) is 4.66. The van der Waals surface area contributed by atoms with E-state index in [1.807, 2.05) is 0 Å². The van der Waals surface area contributed by atoms with Gasteiger partial charge < -0.3 is 14.6 Å². The van der Waals surface area contributed by atoms with Gasteiger partial charge in [-0.05, 0) is 26.0 Å². The second-order valence-electron chi connectivity index (χ2n) is 5.07. The molecule has 1 aromatic heterocycles. The molecule has 0 saturated heterocycles. The molecule has 0 radical (unpaired) electrons. The van der Waals surface area contributed by atoms with Crippen molar-refractivity contribution in [2.24, 2.45) is 0 Å². The Bertz CT molecular complexity index is 800. The molecule has 1 aromatic carbocycles. The van der Waals surface area contributed by atoms with Crippen molar-refractivity contribution in [2.75, 3.05) is 13.2 Å². The van der Waals surface area contributed by atoms with Crippen LogP contribution >= 0.6 is 11.6 Å². The van der Waals surface area contributed by atoms with Crippen LogP contribution in [0.25, 0.3) is 11.4 Å². The molecule has 0 saturated carbocycles. The first-order valence-corrected chi connectivity index (χ1v) is 8.18. The van der Waals surface area contributed by atoms with Crippen LogP contribution in [0.15, 0.2) is 35.3 Å². The Morgan fingerprint density at radius 3 is 2.56 bits per heavy atom. The summed E-state index contributed by atoms with van der Waals surface area (Å²) in [6.07, 6.45) is 0.352. The van der Waals surface area contributed by atoms with Crippen molar-refractivity contribution in [1.82, 2.24) is 9.55 Å². The summed E-state index contributed by atoms with van der Waals surface area (Å²) < 4.78 is 12.2. The lowest BCUT2D eigenvalue weighted by Crippen LogP contribution is -2.34. The van der Waals surface area contributed by atoms with Crippen molar-refractivity contribution in [1.29, 1.82) is 0 Å². The number of aromatic carboxylic acids is 1. The Morgan fingerprint density at radius 2 is 2.00 bits per heavy atom. The summed E-state index contributed by atoms with van der Waals surface area (Å²) in [5, 5.41) is 9.68. The van der Waals surface area contributed by atoms with Gasteiger partial charge >= 0.3 is 5.97 Å². The molecule has 0 amide bonds. The second-order valence-corrected chi connectivity index (χ2v) is 5.50. The SMILES string of the molecule is CCOC(Cn1c(-c2cccc(Cl)c2)ncc(C(=O)O)c1=O)OCC. The van der Waals surface area contributed by atoms with E-state index >= 15 is 0 Å². The van der Waals surface area contributed by atoms with Crippen LogP contribution in [0.5, 0.6) is 0 Å². The largest absolute Gasteiger partial charge is 0.477 e. The van der Waals surface area contributed by atoms with Crippen LogP contribution in [0.4, 0.5) is 0 Å². The minimum absolute atomic E-state index is 0.0104. The Labute approximate surface area is 149 Å². The van der Waals surface area contributed by atoms with E-state index in [1.54, 1.807) is 38.1 Å². The molecule has 8 heteroatoms. The van der Waals surface area contributed by atoms with E-state index in [4.69, 9.17) is 21.1 Å². The van der Waals surface area contributed by atoms with Gasteiger partial charge in [-0.1, -0.05) is 23.7 Å². The summed E-state index contributed by atoms with van der Waals surface area (Å²) in [5.74, 6) is -1.05. The van der Waals surface area contributed by atoms with Crippen molar-refractivity contribution in [2.45, 2.75) is 26.7 Å². The summed E-state index contributed by atoms with van der Waals surface area (Å²) in [6.45, 7) is 4.39. The molecule has 1 N–H and O–H groups in total. The van der Waals surface area contributed by atoms with E-state index in [0.717, 1.165) is 6.20 Å². The molecule has 0 bridgehead atoms. The van der Waals surface area contributed by atoms with Gasteiger partial charge in [-0.25, -0.2) is 9.78 Å². The van der Waals surface area contributed by atoms with Crippen LogP contribution in [0.3, 0.4) is 0 Å². The highest BCUT2D eigenvalue weighted by molar-refractivity contribution is 6.30. The average molecular weight is 367 g/mol. The predicted octanol–water partition coefficient (Wildman–Crippen LogP) is 2.66. The maximum Gasteiger partial charge on any atom is 0.342 e. The average Bonchev–Trinajstić information content (AvgIpc) is 2.56. The highest BCUT2D eigenvalue weighted by Crippen LogP contribution is 2.21. The smallest absolute Gasteiger partial charge is 0.342 e. The van der Waals surface area contributed by atoms with Gasteiger partial charge in [-0.15, -0.1) is 0 Å². The van der Waals surface area contributed by atoms with Crippen molar-refractivity contribution in [3.63, 3.8) is 0 Å². The molecular weight excluding hydrogens is 348 g/mol. The van der Waals surface area contributed by atoms with E-state index in [0.29, 0.717) is 29.6 Å². The number of benzene rings is 1. The van der Waals surface area contributed by atoms with Gasteiger partial charge in [-0.3, -0.25) is 9.36 Å². The molecule has 0 aliphatic rings. The molecule has 0 fully saturated rings. The highest BCUT2D eigenvalue weighted by atomic mass is 35.5. The minimum Gasteiger partial charge on any atom is -0.477 e. The molecular formula is C17H19ClN2O5. The molecule has 0 atom stereocenters. The lowest BCUT2D eigenvalue weighted by atomic mass is 10.2. The molecule has 0 aliphatic carbocycles. The first-order valence-electron chi connectivity index (χ1n) is 7.80. The molecule has 1 heterocycles. The number of hydrogen-bond acceptors (Lipinski definition) is 5. The third-order valence-electron chi connectivity index (χ3n) is 3.40. The van der Waals surface area contributed by atoms with Crippen LogP contribution in [-0.4, -0.2) is 40.1 Å². The van der Waals surface area contributed by atoms with E-state index in [-0.39, 0.29) is 6.54 Å². The predicted molar refractivity (Wildman–Crippen MR) is 92.9 cm³/mol. The first-order chi connectivity index (χ1) is 12.0.